The van der Waals surface area contributed by atoms with Gasteiger partial charge in [0.15, 0.2) is 6.29 Å². The molecule has 0 aliphatic carbocycles. The van der Waals surface area contributed by atoms with Gasteiger partial charge in [-0.15, -0.1) is 0 Å². The largest absolute Gasteiger partial charge is 0.394 e. The first-order valence-corrected chi connectivity index (χ1v) is 24.6. The van der Waals surface area contributed by atoms with Gasteiger partial charge in [-0.3, -0.25) is 4.79 Å². The molecule has 1 saturated heterocycles. The molecular formula is C48H93NO10. The summed E-state index contributed by atoms with van der Waals surface area (Å²) in [6, 6.07) is -1.18. The third kappa shape index (κ3) is 28.2. The number of nitrogens with one attached hydrogen (secondary N) is 1. The maximum Gasteiger partial charge on any atom is 0.249 e. The number of amides is 1. The van der Waals surface area contributed by atoms with Gasteiger partial charge >= 0.3 is 0 Å². The Hall–Kier alpha value is -1.15. The molecule has 1 rings (SSSR count). The molecule has 1 fully saturated rings. The van der Waals surface area contributed by atoms with E-state index >= 15 is 0 Å². The molecule has 0 bridgehead atoms. The van der Waals surface area contributed by atoms with Crippen molar-refractivity contribution >= 4 is 5.91 Å². The lowest BCUT2D eigenvalue weighted by Gasteiger charge is -2.40. The molecule has 1 amide bonds. The van der Waals surface area contributed by atoms with Crippen LogP contribution in [0.2, 0.25) is 0 Å². The van der Waals surface area contributed by atoms with Crippen LogP contribution in [0.1, 0.15) is 219 Å². The van der Waals surface area contributed by atoms with Gasteiger partial charge in [0.05, 0.1) is 25.4 Å². The van der Waals surface area contributed by atoms with Crippen molar-refractivity contribution in [3.05, 3.63) is 12.2 Å². The molecule has 0 saturated carbocycles. The summed E-state index contributed by atoms with van der Waals surface area (Å²) in [6.45, 7) is 3.44. The van der Waals surface area contributed by atoms with E-state index < -0.39 is 74.2 Å². The van der Waals surface area contributed by atoms with Crippen LogP contribution >= 0.6 is 0 Å². The van der Waals surface area contributed by atoms with E-state index in [1.54, 1.807) is 0 Å². The number of aliphatic hydroxyl groups is 7. The van der Waals surface area contributed by atoms with E-state index in [-0.39, 0.29) is 12.8 Å². The fourth-order valence-electron chi connectivity index (χ4n) is 7.97. The van der Waals surface area contributed by atoms with Crippen LogP contribution in [0.4, 0.5) is 0 Å². The predicted molar refractivity (Wildman–Crippen MR) is 238 cm³/mol. The maximum absolute atomic E-state index is 13.1. The molecule has 11 heteroatoms. The van der Waals surface area contributed by atoms with Crippen LogP contribution in [0.25, 0.3) is 0 Å². The molecule has 0 aromatic heterocycles. The van der Waals surface area contributed by atoms with Gasteiger partial charge in [-0.1, -0.05) is 193 Å². The smallest absolute Gasteiger partial charge is 0.249 e. The number of carbonyl (C=O) groups is 1. The van der Waals surface area contributed by atoms with E-state index in [9.17, 15) is 40.5 Å². The fourth-order valence-corrected chi connectivity index (χ4v) is 7.97. The van der Waals surface area contributed by atoms with E-state index in [0.29, 0.717) is 12.8 Å². The number of aliphatic hydroxyl groups excluding tert-OH is 7. The summed E-state index contributed by atoms with van der Waals surface area (Å²) < 4.78 is 11.1. The van der Waals surface area contributed by atoms with Crippen molar-refractivity contribution in [1.29, 1.82) is 0 Å². The first-order valence-electron chi connectivity index (χ1n) is 24.6. The van der Waals surface area contributed by atoms with E-state index in [4.69, 9.17) is 9.47 Å². The minimum atomic E-state index is -1.66. The van der Waals surface area contributed by atoms with Gasteiger partial charge < -0.3 is 50.5 Å². The van der Waals surface area contributed by atoms with Crippen LogP contribution in [0.15, 0.2) is 12.2 Å². The summed E-state index contributed by atoms with van der Waals surface area (Å²) in [5.74, 6) is -0.704. The minimum absolute atomic E-state index is 0.259. The Bertz CT molecular complexity index is 970. The number of unbranched alkanes of at least 4 members (excludes halogenated alkanes) is 27. The molecule has 8 N–H and O–H groups in total. The summed E-state index contributed by atoms with van der Waals surface area (Å²) in [7, 11) is 0. The highest BCUT2D eigenvalue weighted by molar-refractivity contribution is 5.80. The van der Waals surface area contributed by atoms with Crippen LogP contribution in [0.5, 0.6) is 0 Å². The number of ether oxygens (including phenoxy) is 2. The van der Waals surface area contributed by atoms with Crippen LogP contribution in [0.3, 0.4) is 0 Å². The van der Waals surface area contributed by atoms with E-state index in [1.165, 1.54) is 141 Å². The quantitative estimate of drug-likeness (QED) is 0.0219. The molecule has 1 aliphatic heterocycles. The average Bonchev–Trinajstić information content (AvgIpc) is 3.23. The molecule has 11 nitrogen and oxygen atoms in total. The molecule has 0 spiro atoms. The van der Waals surface area contributed by atoms with E-state index in [2.05, 4.69) is 31.3 Å². The van der Waals surface area contributed by atoms with Crippen molar-refractivity contribution in [2.24, 2.45) is 0 Å². The molecule has 59 heavy (non-hydrogen) atoms. The number of hydrogen-bond acceptors (Lipinski definition) is 10. The van der Waals surface area contributed by atoms with Crippen molar-refractivity contribution < 1.29 is 50.0 Å². The normalized spacial score (nSPS) is 21.8. The zero-order chi connectivity index (χ0) is 43.4. The SMILES string of the molecule is CCCCCCCCCCCCC/C=C/CCCC(O)C(O)C(COC1OC(CO)C(O)C(O)C1O)NC(=O)C(O)CCCCCCCCCCCCCCCCCC. The summed E-state index contributed by atoms with van der Waals surface area (Å²) >= 11 is 0. The molecule has 0 radical (unpaired) electrons. The van der Waals surface area contributed by atoms with Gasteiger partial charge in [0.2, 0.25) is 5.91 Å². The zero-order valence-electron chi connectivity index (χ0n) is 37.7. The number of rotatable bonds is 41. The second-order valence-corrected chi connectivity index (χ2v) is 17.5. The van der Waals surface area contributed by atoms with Crippen LogP contribution in [0, 0.1) is 0 Å². The first-order chi connectivity index (χ1) is 28.7. The summed E-state index contributed by atoms with van der Waals surface area (Å²) in [4.78, 5) is 13.1. The third-order valence-corrected chi connectivity index (χ3v) is 12.1. The summed E-state index contributed by atoms with van der Waals surface area (Å²) in [5, 5.41) is 75.7. The van der Waals surface area contributed by atoms with Crippen LogP contribution < -0.4 is 5.32 Å². The molecule has 9 atom stereocenters. The van der Waals surface area contributed by atoms with Crippen LogP contribution in [-0.2, 0) is 14.3 Å². The Kier molecular flexibility index (Phi) is 36.5. The van der Waals surface area contributed by atoms with Crippen molar-refractivity contribution in [2.45, 2.75) is 274 Å². The Morgan fingerprint density at radius 1 is 0.576 bits per heavy atom. The summed E-state index contributed by atoms with van der Waals surface area (Å²) in [5.41, 5.74) is 0. The number of allylic oxidation sites excluding steroid dienone is 2. The zero-order valence-corrected chi connectivity index (χ0v) is 37.7. The highest BCUT2D eigenvalue weighted by Gasteiger charge is 2.44. The maximum atomic E-state index is 13.1. The van der Waals surface area contributed by atoms with Gasteiger partial charge in [-0.2, -0.15) is 0 Å². The van der Waals surface area contributed by atoms with Crippen molar-refractivity contribution in [3.8, 4) is 0 Å². The Balaban J connectivity index is 2.44. The van der Waals surface area contributed by atoms with Crippen molar-refractivity contribution in [3.63, 3.8) is 0 Å². The average molecular weight is 844 g/mol. The van der Waals surface area contributed by atoms with E-state index in [0.717, 1.165) is 38.5 Å². The third-order valence-electron chi connectivity index (χ3n) is 12.1. The fraction of sp³-hybridized carbons (Fsp3) is 0.938. The monoisotopic (exact) mass is 844 g/mol. The molecule has 9 unspecified atom stereocenters. The van der Waals surface area contributed by atoms with Gasteiger partial charge in [-0.05, 0) is 38.5 Å². The number of hydrogen-bond donors (Lipinski definition) is 8. The highest BCUT2D eigenvalue weighted by atomic mass is 16.7. The second kappa shape index (κ2) is 38.5. The second-order valence-electron chi connectivity index (χ2n) is 17.5. The van der Waals surface area contributed by atoms with Crippen molar-refractivity contribution in [1.82, 2.24) is 5.32 Å². The number of carbonyl (C=O) groups excluding carboxylic acids is 1. The minimum Gasteiger partial charge on any atom is -0.394 e. The Morgan fingerprint density at radius 2 is 1.00 bits per heavy atom. The van der Waals surface area contributed by atoms with E-state index in [1.807, 2.05) is 0 Å². The van der Waals surface area contributed by atoms with Gasteiger partial charge in [0.25, 0.3) is 0 Å². The first kappa shape index (κ1) is 55.9. The van der Waals surface area contributed by atoms with Gasteiger partial charge in [-0.25, -0.2) is 0 Å². The molecule has 1 heterocycles. The summed E-state index contributed by atoms with van der Waals surface area (Å²) in [6.07, 6.45) is 29.7. The highest BCUT2D eigenvalue weighted by Crippen LogP contribution is 2.23. The molecule has 1 aliphatic rings. The molecular weight excluding hydrogens is 751 g/mol. The Morgan fingerprint density at radius 3 is 1.46 bits per heavy atom. The topological polar surface area (TPSA) is 189 Å². The standard InChI is InChI=1S/C48H93NO10/c1-3-5-7-9-11-13-15-17-19-21-23-25-27-29-31-33-35-40(51)43(53)39(38-58-48-46(56)45(55)44(54)42(37-50)59-48)49-47(57)41(52)36-34-32-30-28-26-24-22-20-18-16-14-12-10-8-6-4-2/h27,29,39-46,48,50-56H,3-26,28,30-38H2,1-2H3,(H,49,57)/b29-27+. The molecule has 0 aromatic rings. The predicted octanol–water partition coefficient (Wildman–Crippen LogP) is 8.45. The van der Waals surface area contributed by atoms with Gasteiger partial charge in [0, 0.05) is 0 Å². The Labute approximate surface area is 360 Å². The van der Waals surface area contributed by atoms with Crippen LogP contribution in [-0.4, -0.2) is 110 Å². The lowest BCUT2D eigenvalue weighted by Crippen LogP contribution is -2.60. The lowest BCUT2D eigenvalue weighted by atomic mass is 9.98. The van der Waals surface area contributed by atoms with Gasteiger partial charge in [0.1, 0.15) is 36.6 Å². The van der Waals surface area contributed by atoms with Crippen molar-refractivity contribution in [2.75, 3.05) is 13.2 Å². The lowest BCUT2D eigenvalue weighted by molar-refractivity contribution is -0.303. The molecule has 350 valence electrons. The molecule has 0 aromatic carbocycles.